The predicted octanol–water partition coefficient (Wildman–Crippen LogP) is 4.52. The molecule has 4 aromatic rings. The molecular formula is C24H23N5O3. The highest BCUT2D eigenvalue weighted by atomic mass is 16.5. The third-order valence-electron chi connectivity index (χ3n) is 5.08. The van der Waals surface area contributed by atoms with Crippen molar-refractivity contribution >= 4 is 34.1 Å². The van der Waals surface area contributed by atoms with Gasteiger partial charge in [0.25, 0.3) is 0 Å². The lowest BCUT2D eigenvalue weighted by Gasteiger charge is -2.16. The van der Waals surface area contributed by atoms with Gasteiger partial charge in [-0.3, -0.25) is 4.79 Å². The molecule has 8 nitrogen and oxygen atoms in total. The molecular weight excluding hydrogens is 406 g/mol. The summed E-state index contributed by atoms with van der Waals surface area (Å²) in [5.74, 6) is 0.996. The Morgan fingerprint density at radius 3 is 2.53 bits per heavy atom. The molecule has 0 saturated heterocycles. The van der Waals surface area contributed by atoms with Gasteiger partial charge in [-0.25, -0.2) is 9.97 Å². The molecule has 0 saturated carbocycles. The first kappa shape index (κ1) is 20.9. The number of amides is 1. The molecule has 1 amide bonds. The molecule has 0 aliphatic heterocycles. The number of ether oxygens (including phenoxy) is 2. The molecule has 0 atom stereocenters. The van der Waals surface area contributed by atoms with Gasteiger partial charge in [0.05, 0.1) is 37.0 Å². The van der Waals surface area contributed by atoms with Crippen LogP contribution in [0.25, 0.3) is 22.3 Å². The zero-order valence-electron chi connectivity index (χ0n) is 18.0. The maximum Gasteiger partial charge on any atom is 0.247 e. The van der Waals surface area contributed by atoms with E-state index in [1.807, 2.05) is 25.2 Å². The summed E-state index contributed by atoms with van der Waals surface area (Å²) in [5.41, 5.74) is 3.90. The molecule has 4 rings (SSSR count). The summed E-state index contributed by atoms with van der Waals surface area (Å²) < 4.78 is 12.9. The molecule has 0 bridgehead atoms. The van der Waals surface area contributed by atoms with Gasteiger partial charge < -0.3 is 24.7 Å². The summed E-state index contributed by atoms with van der Waals surface area (Å²) in [6, 6.07) is 15.5. The maximum atomic E-state index is 11.8. The number of anilines is 3. The van der Waals surface area contributed by atoms with Gasteiger partial charge in [-0.15, -0.1) is 0 Å². The van der Waals surface area contributed by atoms with Crippen molar-refractivity contribution < 1.29 is 14.3 Å². The van der Waals surface area contributed by atoms with E-state index in [2.05, 4.69) is 49.9 Å². The van der Waals surface area contributed by atoms with Crippen LogP contribution in [0.1, 0.15) is 0 Å². The molecule has 8 heteroatoms. The van der Waals surface area contributed by atoms with Crippen LogP contribution in [0.15, 0.2) is 67.4 Å². The fourth-order valence-electron chi connectivity index (χ4n) is 3.49. The number of para-hydroxylation sites is 1. The van der Waals surface area contributed by atoms with E-state index in [-0.39, 0.29) is 5.91 Å². The summed E-state index contributed by atoms with van der Waals surface area (Å²) in [7, 11) is 5.07. The Kier molecular flexibility index (Phi) is 5.76. The van der Waals surface area contributed by atoms with Crippen molar-refractivity contribution in [2.24, 2.45) is 7.05 Å². The van der Waals surface area contributed by atoms with Crippen LogP contribution in [-0.4, -0.2) is 34.7 Å². The standard InChI is InChI=1S/C24H23N5O3/c1-5-23(30)26-17-13-18(22(32-4)14-21(17)31-3)28-24-25-11-10-16(27-24)20-12-15-8-6-7-9-19(15)29(20)2/h5-14H,1H2,2-4H3,(H,26,30)(H,25,27,28). The van der Waals surface area contributed by atoms with E-state index in [0.717, 1.165) is 22.3 Å². The topological polar surface area (TPSA) is 90.3 Å². The molecule has 162 valence electrons. The lowest BCUT2D eigenvalue weighted by molar-refractivity contribution is -0.111. The Morgan fingerprint density at radius 1 is 1.06 bits per heavy atom. The van der Waals surface area contributed by atoms with E-state index in [4.69, 9.17) is 9.47 Å². The number of benzene rings is 2. The number of aryl methyl sites for hydroxylation is 1. The molecule has 2 aromatic carbocycles. The fraction of sp³-hybridized carbons (Fsp3) is 0.125. The van der Waals surface area contributed by atoms with E-state index in [1.165, 1.54) is 13.2 Å². The largest absolute Gasteiger partial charge is 0.494 e. The molecule has 0 radical (unpaired) electrons. The minimum atomic E-state index is -0.353. The van der Waals surface area contributed by atoms with Gasteiger partial charge in [-0.05, 0) is 30.3 Å². The molecule has 0 aliphatic rings. The molecule has 0 spiro atoms. The van der Waals surface area contributed by atoms with Crippen molar-refractivity contribution in [3.63, 3.8) is 0 Å². The number of hydrogen-bond acceptors (Lipinski definition) is 6. The Bertz CT molecular complexity index is 1310. The minimum Gasteiger partial charge on any atom is -0.494 e. The van der Waals surface area contributed by atoms with E-state index in [1.54, 1.807) is 25.4 Å². The third-order valence-corrected chi connectivity index (χ3v) is 5.08. The Labute approximate surface area is 185 Å². The number of nitrogens with one attached hydrogen (secondary N) is 2. The normalized spacial score (nSPS) is 10.6. The van der Waals surface area contributed by atoms with Gasteiger partial charge in [0.1, 0.15) is 11.5 Å². The van der Waals surface area contributed by atoms with Gasteiger partial charge >= 0.3 is 0 Å². The quantitative estimate of drug-likeness (QED) is 0.420. The van der Waals surface area contributed by atoms with E-state index in [9.17, 15) is 4.79 Å². The second kappa shape index (κ2) is 8.81. The van der Waals surface area contributed by atoms with Crippen molar-refractivity contribution in [3.8, 4) is 22.9 Å². The number of rotatable bonds is 7. The summed E-state index contributed by atoms with van der Waals surface area (Å²) in [4.78, 5) is 20.8. The summed E-state index contributed by atoms with van der Waals surface area (Å²) in [6.07, 6.45) is 2.88. The molecule has 32 heavy (non-hydrogen) atoms. The number of nitrogens with zero attached hydrogens (tertiary/aromatic N) is 3. The highest BCUT2D eigenvalue weighted by Gasteiger charge is 2.15. The van der Waals surface area contributed by atoms with Gasteiger partial charge in [0, 0.05) is 30.2 Å². The highest BCUT2D eigenvalue weighted by molar-refractivity contribution is 6.00. The monoisotopic (exact) mass is 429 g/mol. The maximum absolute atomic E-state index is 11.8. The molecule has 2 N–H and O–H groups in total. The number of methoxy groups -OCH3 is 2. The zero-order chi connectivity index (χ0) is 22.7. The molecule has 2 aromatic heterocycles. The van der Waals surface area contributed by atoms with Crippen LogP contribution in [0.5, 0.6) is 11.5 Å². The molecule has 0 aliphatic carbocycles. The summed E-state index contributed by atoms with van der Waals surface area (Å²) in [6.45, 7) is 3.48. The van der Waals surface area contributed by atoms with Crippen molar-refractivity contribution in [2.45, 2.75) is 0 Å². The predicted molar refractivity (Wildman–Crippen MR) is 126 cm³/mol. The molecule has 0 unspecified atom stereocenters. The lowest BCUT2D eigenvalue weighted by Crippen LogP contribution is -2.09. The van der Waals surface area contributed by atoms with Crippen molar-refractivity contribution in [2.75, 3.05) is 24.9 Å². The van der Waals surface area contributed by atoms with Crippen LogP contribution < -0.4 is 20.1 Å². The zero-order valence-corrected chi connectivity index (χ0v) is 18.0. The number of aromatic nitrogens is 3. The van der Waals surface area contributed by atoms with E-state index >= 15 is 0 Å². The summed E-state index contributed by atoms with van der Waals surface area (Å²) >= 11 is 0. The number of carbonyl (C=O) groups is 1. The average Bonchev–Trinajstić information content (AvgIpc) is 3.16. The van der Waals surface area contributed by atoms with Gasteiger partial charge in [0.15, 0.2) is 0 Å². The second-order valence-corrected chi connectivity index (χ2v) is 6.98. The molecule has 0 fully saturated rings. The van der Waals surface area contributed by atoms with E-state index < -0.39 is 0 Å². The Balaban J connectivity index is 1.71. The van der Waals surface area contributed by atoms with Crippen LogP contribution >= 0.6 is 0 Å². The van der Waals surface area contributed by atoms with Crippen molar-refractivity contribution in [1.82, 2.24) is 14.5 Å². The first-order chi connectivity index (χ1) is 15.5. The van der Waals surface area contributed by atoms with Crippen molar-refractivity contribution in [3.05, 3.63) is 67.4 Å². The number of fused-ring (bicyclic) bond motifs is 1. The number of carbonyl (C=O) groups excluding carboxylic acids is 1. The summed E-state index contributed by atoms with van der Waals surface area (Å²) in [5, 5.41) is 7.04. The SMILES string of the molecule is C=CC(=O)Nc1cc(Nc2nccc(-c3cc4ccccc4n3C)n2)c(OC)cc1OC. The lowest BCUT2D eigenvalue weighted by atomic mass is 10.2. The van der Waals surface area contributed by atoms with Gasteiger partial charge in [-0.2, -0.15) is 0 Å². The smallest absolute Gasteiger partial charge is 0.247 e. The van der Waals surface area contributed by atoms with Gasteiger partial charge in [-0.1, -0.05) is 24.8 Å². The first-order valence-electron chi connectivity index (χ1n) is 9.88. The number of hydrogen-bond donors (Lipinski definition) is 2. The Morgan fingerprint density at radius 2 is 1.81 bits per heavy atom. The van der Waals surface area contributed by atoms with Crippen molar-refractivity contribution in [1.29, 1.82) is 0 Å². The molecule has 2 heterocycles. The van der Waals surface area contributed by atoms with Crippen LogP contribution in [0.3, 0.4) is 0 Å². The van der Waals surface area contributed by atoms with Crippen LogP contribution in [0.2, 0.25) is 0 Å². The van der Waals surface area contributed by atoms with Crippen LogP contribution in [-0.2, 0) is 11.8 Å². The Hall–Kier alpha value is -4.33. The fourth-order valence-corrected chi connectivity index (χ4v) is 3.49. The first-order valence-corrected chi connectivity index (χ1v) is 9.88. The second-order valence-electron chi connectivity index (χ2n) is 6.98. The average molecular weight is 429 g/mol. The van der Waals surface area contributed by atoms with Gasteiger partial charge in [0.2, 0.25) is 11.9 Å². The van der Waals surface area contributed by atoms with E-state index in [0.29, 0.717) is 28.8 Å². The highest BCUT2D eigenvalue weighted by Crippen LogP contribution is 2.37. The van der Waals surface area contributed by atoms with Crippen LogP contribution in [0, 0.1) is 0 Å². The third kappa shape index (κ3) is 3.98. The van der Waals surface area contributed by atoms with Crippen LogP contribution in [0.4, 0.5) is 17.3 Å². The minimum absolute atomic E-state index is 0.353.